The minimum absolute atomic E-state index is 0.0469. The molecule has 0 aromatic rings. The number of carbonyl (C=O) groups excluding carboxylic acids is 2. The van der Waals surface area contributed by atoms with Crippen molar-refractivity contribution in [2.24, 2.45) is 11.8 Å². The molecular weight excluding hydrogens is 906 g/mol. The summed E-state index contributed by atoms with van der Waals surface area (Å²) in [4.78, 5) is 56.7. The minimum atomic E-state index is -5.77. The quantitative estimate of drug-likeness (QED) is 0.0317. The first-order chi connectivity index (χ1) is 31.3. The summed E-state index contributed by atoms with van der Waals surface area (Å²) in [7, 11) is -11.4. The first-order valence-electron chi connectivity index (χ1n) is 23.4. The molecule has 1 saturated carbocycles. The number of ether oxygens (including phenoxy) is 2. The molecule has 0 saturated heterocycles. The second-order valence-corrected chi connectivity index (χ2v) is 19.7. The zero-order valence-corrected chi connectivity index (χ0v) is 40.2. The van der Waals surface area contributed by atoms with Crippen molar-refractivity contribution in [3.63, 3.8) is 0 Å². The van der Waals surface area contributed by atoms with Crippen molar-refractivity contribution in [3.05, 3.63) is 48.6 Å². The van der Waals surface area contributed by atoms with Gasteiger partial charge in [0.1, 0.15) is 31.0 Å². The van der Waals surface area contributed by atoms with Gasteiger partial charge in [-0.2, -0.15) is 0 Å². The maximum atomic E-state index is 13.7. The molecule has 19 nitrogen and oxygen atoms in total. The van der Waals surface area contributed by atoms with Gasteiger partial charge in [0.05, 0.1) is 37.1 Å². The highest BCUT2D eigenvalue weighted by Gasteiger charge is 2.51. The molecule has 1 unspecified atom stereocenters. The largest absolute Gasteiger partial charge is 0.472 e. The molecular formula is C45H78O19P2. The fraction of sp³-hybridized carbons (Fsp3) is 0.778. The molecule has 0 amide bonds. The number of esters is 2. The second-order valence-electron chi connectivity index (χ2n) is 17.1. The van der Waals surface area contributed by atoms with Gasteiger partial charge in [-0.1, -0.05) is 107 Å². The highest BCUT2D eigenvalue weighted by atomic mass is 31.2. The summed E-state index contributed by atoms with van der Waals surface area (Å²) in [5.74, 6) is -4.55. The Kier molecular flexibility index (Phi) is 29.6. The summed E-state index contributed by atoms with van der Waals surface area (Å²) in [6.07, 6.45) is 2.95. The number of cyclic esters (lactones) is 1. The van der Waals surface area contributed by atoms with Gasteiger partial charge in [0.15, 0.2) is 6.10 Å². The van der Waals surface area contributed by atoms with Crippen LogP contribution in [0.15, 0.2) is 48.6 Å². The molecule has 2 rings (SSSR count). The van der Waals surface area contributed by atoms with E-state index in [4.69, 9.17) is 23.0 Å². The zero-order chi connectivity index (χ0) is 49.1. The number of aliphatic hydroxyl groups is 7. The lowest BCUT2D eigenvalue weighted by Gasteiger charge is -2.38. The fourth-order valence-electron chi connectivity index (χ4n) is 7.64. The first kappa shape index (κ1) is 60.0. The number of fused-ring (bicyclic) bond motifs is 4. The lowest BCUT2D eigenvalue weighted by molar-refractivity contribution is -0.165. The molecule has 66 heavy (non-hydrogen) atoms. The van der Waals surface area contributed by atoms with E-state index in [1.165, 1.54) is 12.2 Å². The van der Waals surface area contributed by atoms with E-state index < -0.39 is 120 Å². The van der Waals surface area contributed by atoms with Crippen LogP contribution in [0.1, 0.15) is 136 Å². The van der Waals surface area contributed by atoms with Crippen LogP contribution in [0.5, 0.6) is 0 Å². The van der Waals surface area contributed by atoms with Crippen LogP contribution >= 0.6 is 15.6 Å². The van der Waals surface area contributed by atoms with E-state index in [0.717, 1.165) is 63.9 Å². The number of hydrogen-bond acceptors (Lipinski definition) is 16. The Labute approximate surface area is 389 Å². The highest BCUT2D eigenvalue weighted by molar-refractivity contribution is 7.47. The van der Waals surface area contributed by atoms with Gasteiger partial charge in [-0.05, 0) is 57.8 Å². The van der Waals surface area contributed by atoms with Crippen molar-refractivity contribution in [1.82, 2.24) is 0 Å². The van der Waals surface area contributed by atoms with Crippen LogP contribution in [-0.4, -0.2) is 137 Å². The van der Waals surface area contributed by atoms with E-state index in [1.807, 2.05) is 6.92 Å². The third-order valence-corrected chi connectivity index (χ3v) is 12.9. The Hall–Kier alpha value is -2.16. The molecule has 382 valence electrons. The van der Waals surface area contributed by atoms with Crippen LogP contribution in [0, 0.1) is 11.8 Å². The molecule has 1 aliphatic carbocycles. The molecule has 2 bridgehead atoms. The maximum absolute atomic E-state index is 13.7. The molecule has 13 atom stereocenters. The normalized spacial score (nSPS) is 32.7. The van der Waals surface area contributed by atoms with E-state index in [2.05, 4.69) is 31.2 Å². The topological polar surface area (TPSA) is 317 Å². The molecule has 0 aromatic carbocycles. The number of phosphoric acid groups is 2. The summed E-state index contributed by atoms with van der Waals surface area (Å²) < 4.78 is 52.2. The molecule has 0 aromatic heterocycles. The molecule has 2 aliphatic rings. The van der Waals surface area contributed by atoms with E-state index in [9.17, 15) is 69.1 Å². The number of hydrogen-bond donors (Lipinski definition) is 10. The third-order valence-electron chi connectivity index (χ3n) is 11.4. The maximum Gasteiger partial charge on any atom is 0.472 e. The predicted octanol–water partition coefficient (Wildman–Crippen LogP) is 4.88. The number of unbranched alkanes of at least 4 members (excludes halogenated alkanes) is 8. The van der Waals surface area contributed by atoms with Gasteiger partial charge in [0.2, 0.25) is 0 Å². The van der Waals surface area contributed by atoms with Gasteiger partial charge in [0, 0.05) is 31.1 Å². The molecule has 1 heterocycles. The minimum Gasteiger partial charge on any atom is -0.462 e. The van der Waals surface area contributed by atoms with Gasteiger partial charge < -0.3 is 59.9 Å². The van der Waals surface area contributed by atoms with Gasteiger partial charge >= 0.3 is 27.6 Å². The van der Waals surface area contributed by atoms with Crippen molar-refractivity contribution < 1.29 is 92.2 Å². The zero-order valence-electron chi connectivity index (χ0n) is 38.4. The Bertz CT molecular complexity index is 1580. The number of allylic oxidation sites excluding steroid dienone is 6. The van der Waals surface area contributed by atoms with Gasteiger partial charge in [0.25, 0.3) is 0 Å². The molecule has 21 heteroatoms. The number of aliphatic hydroxyl groups excluding tert-OH is 7. The number of phosphoric ester groups is 2. The van der Waals surface area contributed by atoms with Crippen molar-refractivity contribution >= 4 is 27.6 Å². The summed E-state index contributed by atoms with van der Waals surface area (Å²) >= 11 is 0. The standard InChI is InChI=1S/C45H78O19P2/c1-3-5-7-8-9-10-11-12-13-14-15-16-22-26-39(50)62-33-30-60-38(49)25-21-18-17-20-24-34-36(47)29-37(48)35(28-27-32(46)23-19-6-4-2)41(52)44(63-65(55,56)57)45(43(54)42(53)40(34)51)64-66(58,59)61-31-33/h7-8,10-11,17,20,27-28,32-37,40-48,51-54H,3-6,9,12-16,18-19,21-26,29-31H2,1-2H3,(H,58,59)(H2,55,56,57)/b8-7-,11-10-,20-17+,28-27+/t32-,33+,34-,35-,36-,37+,40+,41+,42-,43+,44+,45-/m0/s1. The summed E-state index contributed by atoms with van der Waals surface area (Å²) in [6, 6.07) is 0. The lowest BCUT2D eigenvalue weighted by Crippen LogP contribution is -2.56. The summed E-state index contributed by atoms with van der Waals surface area (Å²) in [5.41, 5.74) is 0. The van der Waals surface area contributed by atoms with Gasteiger partial charge in [-0.3, -0.25) is 23.2 Å². The van der Waals surface area contributed by atoms with Crippen LogP contribution in [0.3, 0.4) is 0 Å². The molecule has 0 spiro atoms. The second kappa shape index (κ2) is 32.6. The molecule has 1 fully saturated rings. The Morgan fingerprint density at radius 2 is 1.56 bits per heavy atom. The Morgan fingerprint density at radius 1 is 0.864 bits per heavy atom. The SMILES string of the molecule is CCC/C=C\C/C=C\CCCCCCCC(=O)O[C@@H]1COC(=O)CCC/C=C/C[C@@H]2[C@@H](O)[C@H](O)[C@@H](O)[C@H](OP(=O)(O)OC1)[C@H](OP(=O)(O)O)[C@H](O)[C@@H](/C=C/[C@@H](O)CCCCC)[C@H](O)C[C@@H]2O. The summed E-state index contributed by atoms with van der Waals surface area (Å²) in [6.45, 7) is 2.47. The van der Waals surface area contributed by atoms with Crippen molar-refractivity contribution in [3.8, 4) is 0 Å². The van der Waals surface area contributed by atoms with Crippen molar-refractivity contribution in [1.29, 1.82) is 0 Å². The van der Waals surface area contributed by atoms with Crippen LogP contribution in [0.25, 0.3) is 0 Å². The average Bonchev–Trinajstić information content (AvgIpc) is 3.25. The molecule has 0 radical (unpaired) electrons. The van der Waals surface area contributed by atoms with Crippen LogP contribution in [0.4, 0.5) is 0 Å². The number of rotatable bonds is 21. The van der Waals surface area contributed by atoms with Crippen LogP contribution in [-0.2, 0) is 41.8 Å². The van der Waals surface area contributed by atoms with E-state index in [0.29, 0.717) is 25.7 Å². The van der Waals surface area contributed by atoms with Gasteiger partial charge in [-0.15, -0.1) is 0 Å². The third kappa shape index (κ3) is 24.4. The monoisotopic (exact) mass is 984 g/mol. The molecule has 10 N–H and O–H groups in total. The van der Waals surface area contributed by atoms with Crippen LogP contribution in [0.2, 0.25) is 0 Å². The van der Waals surface area contributed by atoms with Crippen molar-refractivity contribution in [2.45, 2.75) is 197 Å². The van der Waals surface area contributed by atoms with E-state index in [1.54, 1.807) is 6.08 Å². The van der Waals surface area contributed by atoms with Gasteiger partial charge in [-0.25, -0.2) is 9.13 Å². The molecule has 1 aliphatic heterocycles. The smallest absolute Gasteiger partial charge is 0.462 e. The average molecular weight is 985 g/mol. The van der Waals surface area contributed by atoms with E-state index in [-0.39, 0.29) is 32.1 Å². The first-order valence-corrected chi connectivity index (χ1v) is 26.5. The van der Waals surface area contributed by atoms with Crippen LogP contribution < -0.4 is 0 Å². The lowest BCUT2D eigenvalue weighted by atomic mass is 9.83. The number of carbonyl (C=O) groups is 2. The predicted molar refractivity (Wildman–Crippen MR) is 243 cm³/mol. The Morgan fingerprint density at radius 3 is 2.26 bits per heavy atom. The summed E-state index contributed by atoms with van der Waals surface area (Å²) in [5, 5.41) is 79.7. The highest BCUT2D eigenvalue weighted by Crippen LogP contribution is 2.49. The fourth-order valence-corrected chi connectivity index (χ4v) is 9.17. The van der Waals surface area contributed by atoms with E-state index >= 15 is 0 Å². The van der Waals surface area contributed by atoms with Crippen molar-refractivity contribution in [2.75, 3.05) is 13.2 Å². The Balaban J connectivity index is 2.43.